The summed E-state index contributed by atoms with van der Waals surface area (Å²) in [5.41, 5.74) is 0.488. The standard InChI is InChI=1S/C21H25FN4O3S/c1-30(28,29)18-13-23-21(25-10-4-5-11-25)24-19(18)15-7-6-12-26(14-15)20(27)16-8-2-3-9-17(16)22/h2-3,8-9,13,15H,4-7,10-12,14H2,1H3/t15-/m1/s1. The predicted molar refractivity (Wildman–Crippen MR) is 111 cm³/mol. The molecular formula is C21H25FN4O3S. The van der Waals surface area contributed by atoms with Gasteiger partial charge in [0.2, 0.25) is 5.95 Å². The highest BCUT2D eigenvalue weighted by molar-refractivity contribution is 7.90. The second kappa shape index (κ2) is 8.29. The Labute approximate surface area is 175 Å². The van der Waals surface area contributed by atoms with Crippen molar-refractivity contribution in [3.8, 4) is 0 Å². The van der Waals surface area contributed by atoms with Crippen LogP contribution < -0.4 is 4.90 Å². The second-order valence-electron chi connectivity index (χ2n) is 7.96. The van der Waals surface area contributed by atoms with Gasteiger partial charge in [0.15, 0.2) is 9.84 Å². The highest BCUT2D eigenvalue weighted by Gasteiger charge is 2.32. The lowest BCUT2D eigenvalue weighted by atomic mass is 9.94. The number of piperidine rings is 1. The van der Waals surface area contributed by atoms with Gasteiger partial charge in [-0.15, -0.1) is 0 Å². The third-order valence-corrected chi connectivity index (χ3v) is 6.87. The number of anilines is 1. The van der Waals surface area contributed by atoms with E-state index in [-0.39, 0.29) is 22.3 Å². The third kappa shape index (κ3) is 4.16. The summed E-state index contributed by atoms with van der Waals surface area (Å²) in [7, 11) is -3.53. The number of carbonyl (C=O) groups is 1. The van der Waals surface area contributed by atoms with Gasteiger partial charge in [-0.3, -0.25) is 4.79 Å². The van der Waals surface area contributed by atoms with Gasteiger partial charge in [0.05, 0.1) is 17.5 Å². The van der Waals surface area contributed by atoms with Crippen LogP contribution in [0.2, 0.25) is 0 Å². The van der Waals surface area contributed by atoms with Gasteiger partial charge in [-0.2, -0.15) is 0 Å². The minimum absolute atomic E-state index is 0.0296. The summed E-state index contributed by atoms with van der Waals surface area (Å²) < 4.78 is 38.9. The lowest BCUT2D eigenvalue weighted by Crippen LogP contribution is -2.40. The summed E-state index contributed by atoms with van der Waals surface area (Å²) in [6.45, 7) is 2.49. The molecule has 1 aromatic carbocycles. The fraction of sp³-hybridized carbons (Fsp3) is 0.476. The summed E-state index contributed by atoms with van der Waals surface area (Å²) in [5, 5.41) is 0. The number of aromatic nitrogens is 2. The Morgan fingerprint density at radius 2 is 1.87 bits per heavy atom. The van der Waals surface area contributed by atoms with Crippen LogP contribution in [0.3, 0.4) is 0 Å². The van der Waals surface area contributed by atoms with Gasteiger partial charge in [-0.25, -0.2) is 22.8 Å². The zero-order chi connectivity index (χ0) is 21.3. The number of rotatable bonds is 4. The topological polar surface area (TPSA) is 83.5 Å². The number of amides is 1. The van der Waals surface area contributed by atoms with Gasteiger partial charge in [-0.05, 0) is 37.8 Å². The van der Waals surface area contributed by atoms with Gasteiger partial charge in [0, 0.05) is 38.4 Å². The number of halogens is 1. The van der Waals surface area contributed by atoms with Crippen molar-refractivity contribution in [3.63, 3.8) is 0 Å². The van der Waals surface area contributed by atoms with E-state index in [0.717, 1.165) is 32.2 Å². The first-order valence-corrected chi connectivity index (χ1v) is 12.1. The summed E-state index contributed by atoms with van der Waals surface area (Å²) in [6, 6.07) is 5.92. The van der Waals surface area contributed by atoms with Gasteiger partial charge < -0.3 is 9.80 Å². The van der Waals surface area contributed by atoms with Crippen molar-refractivity contribution in [3.05, 3.63) is 47.5 Å². The Balaban J connectivity index is 1.66. The highest BCUT2D eigenvalue weighted by atomic mass is 32.2. The van der Waals surface area contributed by atoms with Crippen LogP contribution >= 0.6 is 0 Å². The molecule has 2 fully saturated rings. The molecule has 9 heteroatoms. The summed E-state index contributed by atoms with van der Waals surface area (Å²) in [5.74, 6) is -0.650. The molecule has 1 atom stereocenters. The first kappa shape index (κ1) is 20.7. The Morgan fingerprint density at radius 3 is 2.57 bits per heavy atom. The molecule has 3 heterocycles. The number of carbonyl (C=O) groups excluding carboxylic acids is 1. The number of likely N-dealkylation sites (tertiary alicyclic amines) is 1. The maximum absolute atomic E-state index is 14.1. The van der Waals surface area contributed by atoms with E-state index in [2.05, 4.69) is 14.9 Å². The number of hydrogen-bond donors (Lipinski definition) is 0. The maximum atomic E-state index is 14.1. The number of sulfone groups is 1. The normalized spacial score (nSPS) is 19.9. The van der Waals surface area contributed by atoms with Gasteiger partial charge in [-0.1, -0.05) is 12.1 Å². The second-order valence-corrected chi connectivity index (χ2v) is 9.94. The Kier molecular flexibility index (Phi) is 5.73. The monoisotopic (exact) mass is 432 g/mol. The molecule has 2 aromatic rings. The van der Waals surface area contributed by atoms with Gasteiger partial charge >= 0.3 is 0 Å². The van der Waals surface area contributed by atoms with Crippen molar-refractivity contribution in [2.24, 2.45) is 0 Å². The van der Waals surface area contributed by atoms with E-state index < -0.39 is 15.7 Å². The minimum atomic E-state index is -3.53. The molecule has 7 nitrogen and oxygen atoms in total. The lowest BCUT2D eigenvalue weighted by molar-refractivity contribution is 0.0700. The lowest BCUT2D eigenvalue weighted by Gasteiger charge is -2.33. The van der Waals surface area contributed by atoms with E-state index in [0.29, 0.717) is 37.6 Å². The van der Waals surface area contributed by atoms with Crippen molar-refractivity contribution in [1.29, 1.82) is 0 Å². The van der Waals surface area contributed by atoms with Crippen LogP contribution in [0, 0.1) is 5.82 Å². The molecule has 2 aliphatic rings. The zero-order valence-corrected chi connectivity index (χ0v) is 17.7. The van der Waals surface area contributed by atoms with Gasteiger partial charge in [0.1, 0.15) is 10.7 Å². The first-order valence-electron chi connectivity index (χ1n) is 10.2. The molecular weight excluding hydrogens is 407 g/mol. The van der Waals surface area contributed by atoms with Crippen molar-refractivity contribution in [2.45, 2.75) is 36.5 Å². The molecule has 4 rings (SSSR count). The van der Waals surface area contributed by atoms with Crippen LogP contribution in [0.4, 0.5) is 10.3 Å². The predicted octanol–water partition coefficient (Wildman–Crippen LogP) is 2.64. The smallest absolute Gasteiger partial charge is 0.256 e. The molecule has 2 aliphatic heterocycles. The van der Waals surface area contributed by atoms with Crippen molar-refractivity contribution >= 4 is 21.7 Å². The van der Waals surface area contributed by atoms with Crippen LogP contribution in [0.1, 0.15) is 47.7 Å². The molecule has 1 aromatic heterocycles. The molecule has 0 spiro atoms. The number of hydrogen-bond acceptors (Lipinski definition) is 6. The average Bonchev–Trinajstić information content (AvgIpc) is 3.28. The molecule has 2 saturated heterocycles. The highest BCUT2D eigenvalue weighted by Crippen LogP contribution is 2.32. The van der Waals surface area contributed by atoms with E-state index in [1.165, 1.54) is 18.3 Å². The molecule has 0 radical (unpaired) electrons. The molecule has 0 N–H and O–H groups in total. The third-order valence-electron chi connectivity index (χ3n) is 5.76. The molecule has 0 aliphatic carbocycles. The Hall–Kier alpha value is -2.55. The summed E-state index contributed by atoms with van der Waals surface area (Å²) in [4.78, 5) is 25.6. The van der Waals surface area contributed by atoms with E-state index in [9.17, 15) is 17.6 Å². The van der Waals surface area contributed by atoms with E-state index in [1.807, 2.05) is 0 Å². The molecule has 0 saturated carbocycles. The molecule has 0 unspecified atom stereocenters. The molecule has 160 valence electrons. The van der Waals surface area contributed by atoms with E-state index in [1.54, 1.807) is 17.0 Å². The van der Waals surface area contributed by atoms with E-state index >= 15 is 0 Å². The van der Waals surface area contributed by atoms with Crippen molar-refractivity contribution in [2.75, 3.05) is 37.3 Å². The van der Waals surface area contributed by atoms with Gasteiger partial charge in [0.25, 0.3) is 5.91 Å². The number of nitrogens with zero attached hydrogens (tertiary/aromatic N) is 4. The fourth-order valence-electron chi connectivity index (χ4n) is 4.21. The molecule has 0 bridgehead atoms. The van der Waals surface area contributed by atoms with Crippen LogP contribution in [-0.4, -0.2) is 61.6 Å². The molecule has 1 amide bonds. The summed E-state index contributed by atoms with van der Waals surface area (Å²) in [6.07, 6.45) is 6.05. The zero-order valence-electron chi connectivity index (χ0n) is 16.9. The summed E-state index contributed by atoms with van der Waals surface area (Å²) >= 11 is 0. The quantitative estimate of drug-likeness (QED) is 0.739. The molecule has 30 heavy (non-hydrogen) atoms. The van der Waals surface area contributed by atoms with Crippen molar-refractivity contribution < 1.29 is 17.6 Å². The Bertz CT molecular complexity index is 1050. The number of benzene rings is 1. The van der Waals surface area contributed by atoms with E-state index in [4.69, 9.17) is 0 Å². The Morgan fingerprint density at radius 1 is 1.13 bits per heavy atom. The van der Waals surface area contributed by atoms with Crippen LogP contribution in [-0.2, 0) is 9.84 Å². The average molecular weight is 433 g/mol. The van der Waals surface area contributed by atoms with Crippen molar-refractivity contribution in [1.82, 2.24) is 14.9 Å². The largest absolute Gasteiger partial charge is 0.341 e. The fourth-order valence-corrected chi connectivity index (χ4v) is 5.05. The van der Waals surface area contributed by atoms with Crippen LogP contribution in [0.15, 0.2) is 35.4 Å². The maximum Gasteiger partial charge on any atom is 0.256 e. The SMILES string of the molecule is CS(=O)(=O)c1cnc(N2CCCC2)nc1[C@@H]1CCCN(C(=O)c2ccccc2F)C1. The van der Waals surface area contributed by atoms with Crippen LogP contribution in [0.5, 0.6) is 0 Å². The van der Waals surface area contributed by atoms with Crippen LogP contribution in [0.25, 0.3) is 0 Å². The minimum Gasteiger partial charge on any atom is -0.341 e. The first-order chi connectivity index (χ1) is 14.3.